The van der Waals surface area contributed by atoms with E-state index in [-0.39, 0.29) is 0 Å². The molecule has 0 spiro atoms. The molecule has 2 aromatic carbocycles. The molecule has 0 fully saturated rings. The molecule has 3 rings (SSSR count). The fraction of sp³-hybridized carbons (Fsp3) is 0.333. The van der Waals surface area contributed by atoms with Gasteiger partial charge in [-0.1, -0.05) is 27.7 Å². The number of rotatable bonds is 1. The molecule has 24 heavy (non-hydrogen) atoms. The van der Waals surface area contributed by atoms with E-state index in [1.165, 1.54) is 0 Å². The third kappa shape index (κ3) is 3.42. The number of fused-ring (bicyclic) bond motifs is 3. The maximum absolute atomic E-state index is 9.08. The monoisotopic (exact) mass is 319 g/mol. The summed E-state index contributed by atoms with van der Waals surface area (Å²) < 4.78 is 2.24. The van der Waals surface area contributed by atoms with Crippen molar-refractivity contribution in [3.63, 3.8) is 0 Å². The quantitative estimate of drug-likeness (QED) is 0.538. The Bertz CT molecular complexity index is 831. The fourth-order valence-corrected chi connectivity index (χ4v) is 2.75. The van der Waals surface area contributed by atoms with Crippen LogP contribution < -0.4 is 0 Å². The van der Waals surface area contributed by atoms with Crippen LogP contribution in [0.2, 0.25) is 0 Å². The van der Waals surface area contributed by atoms with E-state index >= 15 is 0 Å². The highest BCUT2D eigenvalue weighted by Gasteiger charge is 2.13. The number of nitrogens with zero attached hydrogens (tertiary/aromatic N) is 3. The topological polar surface area (TPSA) is 52.5 Å². The molecule has 0 saturated carbocycles. The van der Waals surface area contributed by atoms with Crippen LogP contribution in [0.4, 0.5) is 0 Å². The Morgan fingerprint density at radius 2 is 1.12 bits per heavy atom. The van der Waals surface area contributed by atoms with Crippen molar-refractivity contribution in [3.05, 3.63) is 47.5 Å². The summed E-state index contributed by atoms with van der Waals surface area (Å²) in [4.78, 5) is 0. The first-order valence-electron chi connectivity index (χ1n) is 8.53. The largest absolute Gasteiger partial charge is 0.338 e. The summed E-state index contributed by atoms with van der Waals surface area (Å²) in [6.45, 7) is 12.3. The van der Waals surface area contributed by atoms with Crippen molar-refractivity contribution in [2.24, 2.45) is 0 Å². The molecule has 0 radical (unpaired) electrons. The molecule has 3 heteroatoms. The van der Waals surface area contributed by atoms with Gasteiger partial charge >= 0.3 is 0 Å². The van der Waals surface area contributed by atoms with Crippen molar-refractivity contribution in [1.29, 1.82) is 10.5 Å². The van der Waals surface area contributed by atoms with E-state index < -0.39 is 0 Å². The summed E-state index contributed by atoms with van der Waals surface area (Å²) in [5.74, 6) is 0. The van der Waals surface area contributed by atoms with Crippen molar-refractivity contribution < 1.29 is 0 Å². The molecular weight excluding hydrogens is 294 g/mol. The SMILES string of the molecule is CC.CC.CC(C)n1c2ccc(C#N)cc2c2cc(C#N)ccc21. The molecule has 0 amide bonds. The van der Waals surface area contributed by atoms with Gasteiger partial charge in [0, 0.05) is 27.8 Å². The van der Waals surface area contributed by atoms with E-state index in [1.807, 2.05) is 64.1 Å². The van der Waals surface area contributed by atoms with Crippen LogP contribution >= 0.6 is 0 Å². The molecule has 3 nitrogen and oxygen atoms in total. The van der Waals surface area contributed by atoms with Crippen molar-refractivity contribution >= 4 is 21.8 Å². The van der Waals surface area contributed by atoms with Crippen LogP contribution in [0.3, 0.4) is 0 Å². The molecule has 1 heterocycles. The molecule has 0 atom stereocenters. The van der Waals surface area contributed by atoms with Crippen molar-refractivity contribution in [3.8, 4) is 12.1 Å². The minimum atomic E-state index is 0.316. The van der Waals surface area contributed by atoms with Gasteiger partial charge in [0.15, 0.2) is 0 Å². The Labute approximate surface area is 144 Å². The number of nitriles is 2. The van der Waals surface area contributed by atoms with Crippen LogP contribution in [-0.4, -0.2) is 4.57 Å². The van der Waals surface area contributed by atoms with Gasteiger partial charge < -0.3 is 4.57 Å². The smallest absolute Gasteiger partial charge is 0.0991 e. The van der Waals surface area contributed by atoms with E-state index in [4.69, 9.17) is 10.5 Å². The van der Waals surface area contributed by atoms with Gasteiger partial charge in [0.25, 0.3) is 0 Å². The zero-order chi connectivity index (χ0) is 18.3. The molecule has 0 aliphatic rings. The molecule has 3 aromatic rings. The van der Waals surface area contributed by atoms with Crippen molar-refractivity contribution in [1.82, 2.24) is 4.57 Å². The van der Waals surface area contributed by atoms with Crippen molar-refractivity contribution in [2.75, 3.05) is 0 Å². The summed E-state index contributed by atoms with van der Waals surface area (Å²) in [6.07, 6.45) is 0. The van der Waals surface area contributed by atoms with E-state index in [0.717, 1.165) is 21.8 Å². The Balaban J connectivity index is 0.000000671. The lowest BCUT2D eigenvalue weighted by molar-refractivity contribution is 0.642. The van der Waals surface area contributed by atoms with Crippen LogP contribution in [-0.2, 0) is 0 Å². The van der Waals surface area contributed by atoms with Crippen LogP contribution in [0.1, 0.15) is 58.7 Å². The number of hydrogen-bond acceptors (Lipinski definition) is 2. The maximum atomic E-state index is 9.08. The fourth-order valence-electron chi connectivity index (χ4n) is 2.75. The van der Waals surface area contributed by atoms with Gasteiger partial charge in [-0.15, -0.1) is 0 Å². The molecule has 124 valence electrons. The second-order valence-electron chi connectivity index (χ2n) is 5.15. The first-order chi connectivity index (χ1) is 11.7. The van der Waals surface area contributed by atoms with Crippen LogP contribution in [0.15, 0.2) is 36.4 Å². The Kier molecular flexibility index (Phi) is 7.02. The molecule has 0 aliphatic carbocycles. The minimum absolute atomic E-state index is 0.316. The lowest BCUT2D eigenvalue weighted by atomic mass is 10.1. The molecule has 0 N–H and O–H groups in total. The molecule has 0 aliphatic heterocycles. The molecule has 0 unspecified atom stereocenters. The van der Waals surface area contributed by atoms with Gasteiger partial charge in [0.2, 0.25) is 0 Å². The van der Waals surface area contributed by atoms with Crippen LogP contribution in [0.25, 0.3) is 21.8 Å². The van der Waals surface area contributed by atoms with Gasteiger partial charge in [0.1, 0.15) is 0 Å². The van der Waals surface area contributed by atoms with Gasteiger partial charge in [-0.3, -0.25) is 0 Å². The van der Waals surface area contributed by atoms with Gasteiger partial charge in [-0.2, -0.15) is 10.5 Å². The highest BCUT2D eigenvalue weighted by Crippen LogP contribution is 2.32. The lowest BCUT2D eigenvalue weighted by Crippen LogP contribution is -1.99. The number of aromatic nitrogens is 1. The van der Waals surface area contributed by atoms with E-state index in [2.05, 4.69) is 30.6 Å². The maximum Gasteiger partial charge on any atom is 0.0991 e. The second kappa shape index (κ2) is 8.75. The van der Waals surface area contributed by atoms with Gasteiger partial charge in [-0.05, 0) is 50.2 Å². The lowest BCUT2D eigenvalue weighted by Gasteiger charge is -2.11. The molecule has 0 saturated heterocycles. The second-order valence-corrected chi connectivity index (χ2v) is 5.15. The van der Waals surface area contributed by atoms with Crippen LogP contribution in [0.5, 0.6) is 0 Å². The zero-order valence-electron chi connectivity index (χ0n) is 15.4. The normalized spacial score (nSPS) is 9.54. The number of hydrogen-bond donors (Lipinski definition) is 0. The highest BCUT2D eigenvalue weighted by molar-refractivity contribution is 6.09. The zero-order valence-corrected chi connectivity index (χ0v) is 15.4. The summed E-state index contributed by atoms with van der Waals surface area (Å²) in [5, 5.41) is 20.2. The summed E-state index contributed by atoms with van der Waals surface area (Å²) in [7, 11) is 0. The first kappa shape index (κ1) is 19.3. The first-order valence-corrected chi connectivity index (χ1v) is 8.53. The molecular formula is C21H25N3. The highest BCUT2D eigenvalue weighted by atomic mass is 15.0. The Morgan fingerprint density at radius 1 is 0.750 bits per heavy atom. The van der Waals surface area contributed by atoms with Gasteiger partial charge in [-0.25, -0.2) is 0 Å². The molecule has 1 aromatic heterocycles. The summed E-state index contributed by atoms with van der Waals surface area (Å²) in [5.41, 5.74) is 3.48. The predicted molar refractivity (Wildman–Crippen MR) is 102 cm³/mol. The average molecular weight is 319 g/mol. The third-order valence-electron chi connectivity index (χ3n) is 3.58. The van der Waals surface area contributed by atoms with E-state index in [0.29, 0.717) is 17.2 Å². The summed E-state index contributed by atoms with van der Waals surface area (Å²) in [6, 6.07) is 16.1. The van der Waals surface area contributed by atoms with Crippen LogP contribution in [0, 0.1) is 22.7 Å². The predicted octanol–water partition coefficient (Wildman–Crippen LogP) is 6.17. The summed E-state index contributed by atoms with van der Waals surface area (Å²) >= 11 is 0. The van der Waals surface area contributed by atoms with E-state index in [1.54, 1.807) is 0 Å². The molecule has 0 bridgehead atoms. The van der Waals surface area contributed by atoms with Crippen molar-refractivity contribution in [2.45, 2.75) is 47.6 Å². The Morgan fingerprint density at radius 3 is 1.42 bits per heavy atom. The third-order valence-corrected chi connectivity index (χ3v) is 3.58. The van der Waals surface area contributed by atoms with Gasteiger partial charge in [0.05, 0.1) is 23.3 Å². The minimum Gasteiger partial charge on any atom is -0.338 e. The standard InChI is InChI=1S/C17H13N3.2C2H6/c1-11(2)20-16-5-3-12(9-18)7-14(16)15-8-13(10-19)4-6-17(15)20;2*1-2/h3-8,11H,1-2H3;2*1-2H3. The average Bonchev–Trinajstić information content (AvgIpc) is 2.97. The Hall–Kier alpha value is -2.78. The number of benzene rings is 2. The van der Waals surface area contributed by atoms with E-state index in [9.17, 15) is 0 Å².